The molecule has 8 heteroatoms. The molecule has 0 aliphatic carbocycles. The van der Waals surface area contributed by atoms with E-state index in [0.717, 1.165) is 32.1 Å². The lowest BCUT2D eigenvalue weighted by Gasteiger charge is -2.12. The van der Waals surface area contributed by atoms with Gasteiger partial charge in [-0.05, 0) is 49.4 Å². The van der Waals surface area contributed by atoms with Gasteiger partial charge < -0.3 is 10.2 Å². The first-order valence-electron chi connectivity index (χ1n) is 11.1. The molecule has 0 radical (unpaired) electrons. The lowest BCUT2D eigenvalue weighted by molar-refractivity contribution is 0.399. The van der Waals surface area contributed by atoms with Gasteiger partial charge in [0.1, 0.15) is 17.2 Å². The van der Waals surface area contributed by atoms with E-state index in [-0.39, 0.29) is 17.4 Å². The molecule has 0 aliphatic rings. The van der Waals surface area contributed by atoms with Crippen LogP contribution in [0.15, 0.2) is 79.3 Å². The highest BCUT2D eigenvalue weighted by atomic mass is 19.1. The van der Waals surface area contributed by atoms with E-state index in [1.54, 1.807) is 24.7 Å². The van der Waals surface area contributed by atoms with Crippen LogP contribution in [0.1, 0.15) is 17.0 Å². The number of hydrogen-bond donors (Lipinski definition) is 2. The maximum atomic E-state index is 15.2. The molecule has 0 fully saturated rings. The Kier molecular flexibility index (Phi) is 4.90. The zero-order chi connectivity index (χ0) is 24.8. The number of fused-ring (bicyclic) bond motifs is 3. The fourth-order valence-corrected chi connectivity index (χ4v) is 4.32. The second kappa shape index (κ2) is 8.25. The number of halogens is 1. The van der Waals surface area contributed by atoms with Crippen LogP contribution in [-0.2, 0) is 0 Å². The molecule has 0 unspecified atom stereocenters. The third kappa shape index (κ3) is 3.51. The summed E-state index contributed by atoms with van der Waals surface area (Å²) in [5.74, 6) is 5.80. The van der Waals surface area contributed by atoms with Crippen molar-refractivity contribution in [1.29, 1.82) is 0 Å². The molecule has 6 aromatic rings. The normalized spacial score (nSPS) is 11.1. The summed E-state index contributed by atoms with van der Waals surface area (Å²) in [6, 6.07) is 16.6. The van der Waals surface area contributed by atoms with Crippen molar-refractivity contribution in [2.24, 2.45) is 0 Å². The fraction of sp³-hybridized carbons (Fsp3) is 0.0357. The van der Waals surface area contributed by atoms with Crippen LogP contribution in [0.3, 0.4) is 0 Å². The molecule has 7 nitrogen and oxygen atoms in total. The molecular formula is C28H18FN5O2. The summed E-state index contributed by atoms with van der Waals surface area (Å²) in [4.78, 5) is 13.3. The minimum absolute atomic E-state index is 0.0281. The van der Waals surface area contributed by atoms with Crippen LogP contribution >= 0.6 is 0 Å². The van der Waals surface area contributed by atoms with Gasteiger partial charge in [-0.15, -0.1) is 0 Å². The number of hydrogen-bond acceptors (Lipinski definition) is 5. The maximum absolute atomic E-state index is 15.2. The maximum Gasteiger partial charge on any atom is 0.198 e. The van der Waals surface area contributed by atoms with Gasteiger partial charge in [0.15, 0.2) is 11.8 Å². The highest BCUT2D eigenvalue weighted by Gasteiger charge is 2.17. The van der Waals surface area contributed by atoms with E-state index in [1.165, 1.54) is 24.3 Å². The van der Waals surface area contributed by atoms with E-state index >= 15 is 4.39 Å². The van der Waals surface area contributed by atoms with Crippen molar-refractivity contribution in [2.45, 2.75) is 6.92 Å². The first-order chi connectivity index (χ1) is 17.5. The van der Waals surface area contributed by atoms with Gasteiger partial charge >= 0.3 is 0 Å². The Hall–Kier alpha value is -5.16. The smallest absolute Gasteiger partial charge is 0.198 e. The van der Waals surface area contributed by atoms with Crippen molar-refractivity contribution < 1.29 is 14.6 Å². The molecule has 0 spiro atoms. The van der Waals surface area contributed by atoms with Crippen LogP contribution in [0.2, 0.25) is 0 Å². The fourth-order valence-electron chi connectivity index (χ4n) is 4.32. The van der Waals surface area contributed by atoms with Crippen molar-refractivity contribution in [3.05, 3.63) is 102 Å². The Morgan fingerprint density at radius 3 is 2.39 bits per heavy atom. The van der Waals surface area contributed by atoms with Crippen LogP contribution in [0.25, 0.3) is 33.3 Å². The Labute approximate surface area is 204 Å². The zero-order valence-corrected chi connectivity index (χ0v) is 19.0. The quantitative estimate of drug-likeness (QED) is 0.344. The molecule has 0 bridgehead atoms. The van der Waals surface area contributed by atoms with Gasteiger partial charge in [-0.25, -0.2) is 13.9 Å². The van der Waals surface area contributed by atoms with E-state index in [9.17, 15) is 10.2 Å². The predicted octanol–water partition coefficient (Wildman–Crippen LogP) is 5.02. The van der Waals surface area contributed by atoms with Gasteiger partial charge in [0.2, 0.25) is 0 Å². The van der Waals surface area contributed by atoms with E-state index in [2.05, 4.69) is 26.8 Å². The van der Waals surface area contributed by atoms with Gasteiger partial charge in [0, 0.05) is 47.1 Å². The van der Waals surface area contributed by atoms with Crippen molar-refractivity contribution in [3.8, 4) is 35.0 Å². The van der Waals surface area contributed by atoms with Crippen LogP contribution in [0, 0.1) is 24.6 Å². The average Bonchev–Trinajstić information content (AvgIpc) is 3.41. The number of nitrogens with zero attached hydrogens (tertiary/aromatic N) is 5. The minimum Gasteiger partial charge on any atom is -0.494 e. The molecule has 2 aromatic carbocycles. The number of aromatic hydroxyl groups is 2. The molecule has 0 atom stereocenters. The van der Waals surface area contributed by atoms with Crippen molar-refractivity contribution in [2.75, 3.05) is 0 Å². The molecular weight excluding hydrogens is 457 g/mol. The number of imidazole rings is 1. The average molecular weight is 475 g/mol. The zero-order valence-electron chi connectivity index (χ0n) is 19.0. The first kappa shape index (κ1) is 21.4. The Morgan fingerprint density at radius 2 is 1.64 bits per heavy atom. The summed E-state index contributed by atoms with van der Waals surface area (Å²) >= 11 is 0. The van der Waals surface area contributed by atoms with Crippen LogP contribution < -0.4 is 0 Å². The molecule has 6 rings (SSSR count). The van der Waals surface area contributed by atoms with Crippen molar-refractivity contribution in [1.82, 2.24) is 24.1 Å². The van der Waals surface area contributed by atoms with Crippen molar-refractivity contribution in [3.63, 3.8) is 0 Å². The molecule has 0 amide bonds. The largest absolute Gasteiger partial charge is 0.494 e. The third-order valence-electron chi connectivity index (χ3n) is 5.93. The molecule has 4 heterocycles. The van der Waals surface area contributed by atoms with E-state index < -0.39 is 5.82 Å². The van der Waals surface area contributed by atoms with E-state index in [1.807, 2.05) is 41.8 Å². The summed E-state index contributed by atoms with van der Waals surface area (Å²) in [5.41, 5.74) is 4.39. The number of aromatic nitrogens is 5. The molecule has 4 aromatic heterocycles. The van der Waals surface area contributed by atoms with Gasteiger partial charge in [0.25, 0.3) is 0 Å². The Bertz CT molecular complexity index is 1830. The van der Waals surface area contributed by atoms with Gasteiger partial charge in [-0.1, -0.05) is 11.8 Å². The van der Waals surface area contributed by atoms with Crippen LogP contribution in [0.4, 0.5) is 4.39 Å². The predicted molar refractivity (Wildman–Crippen MR) is 134 cm³/mol. The molecule has 0 aliphatic heterocycles. The number of benzene rings is 2. The second-order valence-electron chi connectivity index (χ2n) is 8.23. The van der Waals surface area contributed by atoms with E-state index in [0.29, 0.717) is 17.0 Å². The summed E-state index contributed by atoms with van der Waals surface area (Å²) in [6.07, 6.45) is 5.10. The summed E-state index contributed by atoms with van der Waals surface area (Å²) in [5, 5.41) is 20.8. The number of pyridine rings is 2. The molecule has 0 saturated carbocycles. The second-order valence-corrected chi connectivity index (χ2v) is 8.23. The highest BCUT2D eigenvalue weighted by molar-refractivity contribution is 6.03. The molecule has 36 heavy (non-hydrogen) atoms. The van der Waals surface area contributed by atoms with Crippen LogP contribution in [0.5, 0.6) is 11.8 Å². The summed E-state index contributed by atoms with van der Waals surface area (Å²) in [6.45, 7) is 1.84. The molecule has 0 saturated heterocycles. The van der Waals surface area contributed by atoms with Crippen molar-refractivity contribution >= 4 is 21.9 Å². The summed E-state index contributed by atoms with van der Waals surface area (Å²) < 4.78 is 18.1. The van der Waals surface area contributed by atoms with E-state index in [4.69, 9.17) is 0 Å². The monoisotopic (exact) mass is 475 g/mol. The number of rotatable bonds is 2. The van der Waals surface area contributed by atoms with Gasteiger partial charge in [-0.2, -0.15) is 0 Å². The molecule has 2 N–H and O–H groups in total. The lowest BCUT2D eigenvalue weighted by atomic mass is 10.1. The Morgan fingerprint density at radius 1 is 0.833 bits per heavy atom. The minimum atomic E-state index is -0.614. The first-order valence-corrected chi connectivity index (χ1v) is 11.1. The van der Waals surface area contributed by atoms with Gasteiger partial charge in [0.05, 0.1) is 28.6 Å². The molecule has 174 valence electrons. The number of aryl methyl sites for hydroxylation is 1. The highest BCUT2D eigenvalue weighted by Crippen LogP contribution is 2.32. The Balaban J connectivity index is 1.52. The SMILES string of the molecule is Cc1nc2cnc3ccc(C#Cc4cccnc4)cc3c2n1-c1ccc(-n2c(O)ccc2O)c(F)c1. The summed E-state index contributed by atoms with van der Waals surface area (Å²) in [7, 11) is 0. The van der Waals surface area contributed by atoms with Crippen LogP contribution in [-0.4, -0.2) is 34.3 Å². The third-order valence-corrected chi connectivity index (χ3v) is 5.93. The topological polar surface area (TPSA) is 89.0 Å². The standard InChI is InChI=1S/C28H18FN5O2/c1-17-32-24-16-31-23-8-6-18(4-5-19-3-2-12-30-15-19)13-21(23)28(24)33(17)20-7-9-25(22(29)14-20)34-26(35)10-11-27(34)36/h2-3,6-16,35-36H,1H3. The lowest BCUT2D eigenvalue weighted by Crippen LogP contribution is -2.02. The van der Waals surface area contributed by atoms with Gasteiger partial charge in [-0.3, -0.25) is 14.5 Å².